The van der Waals surface area contributed by atoms with Gasteiger partial charge in [-0.2, -0.15) is 0 Å². The predicted molar refractivity (Wildman–Crippen MR) is 77.6 cm³/mol. The molecule has 1 N–H and O–H groups in total. The van der Waals surface area contributed by atoms with Crippen LogP contribution in [-0.2, 0) is 11.2 Å². The fourth-order valence-corrected chi connectivity index (χ4v) is 3.23. The fraction of sp³-hybridized carbons (Fsp3) is 0.562. The molecule has 3 nitrogen and oxygen atoms in total. The molecule has 2 aliphatic heterocycles. The molecule has 0 aromatic heterocycles. The number of Topliss-reactive ketones (excluding diaryl/α,β-unsaturated/α-hetero) is 1. The van der Waals surface area contributed by atoms with Crippen molar-refractivity contribution in [2.24, 2.45) is 5.92 Å². The number of anilines is 1. The predicted octanol–water partition coefficient (Wildman–Crippen LogP) is 2.01. The van der Waals surface area contributed by atoms with E-state index in [-0.39, 0.29) is 5.92 Å². The van der Waals surface area contributed by atoms with Crippen molar-refractivity contribution in [2.75, 3.05) is 31.1 Å². The van der Waals surface area contributed by atoms with Crippen LogP contribution in [0.15, 0.2) is 24.3 Å². The lowest BCUT2D eigenvalue weighted by Gasteiger charge is -2.21. The number of rotatable bonds is 3. The number of nitrogens with one attached hydrogen (secondary N) is 1. The summed E-state index contributed by atoms with van der Waals surface area (Å²) in [6.07, 6.45) is 4.28. The zero-order valence-electron chi connectivity index (χ0n) is 11.4. The van der Waals surface area contributed by atoms with Gasteiger partial charge in [-0.1, -0.05) is 18.2 Å². The number of hydrogen-bond acceptors (Lipinski definition) is 3. The third-order valence-electron chi connectivity index (χ3n) is 4.36. The molecule has 0 aliphatic carbocycles. The molecule has 1 aromatic rings. The molecule has 0 bridgehead atoms. The van der Waals surface area contributed by atoms with Crippen LogP contribution in [0.3, 0.4) is 0 Å². The molecular formula is C16H22N2O. The third kappa shape index (κ3) is 2.81. The number of fused-ring (bicyclic) bond motifs is 1. The van der Waals surface area contributed by atoms with Crippen molar-refractivity contribution in [1.82, 2.24) is 5.32 Å². The van der Waals surface area contributed by atoms with Gasteiger partial charge in [0.25, 0.3) is 0 Å². The summed E-state index contributed by atoms with van der Waals surface area (Å²) >= 11 is 0. The summed E-state index contributed by atoms with van der Waals surface area (Å²) in [5.74, 6) is 0.697. The second-order valence-electron chi connectivity index (χ2n) is 5.64. The van der Waals surface area contributed by atoms with E-state index in [1.165, 1.54) is 11.3 Å². The van der Waals surface area contributed by atoms with E-state index in [0.29, 0.717) is 12.3 Å². The lowest BCUT2D eigenvalue weighted by atomic mass is 9.95. The van der Waals surface area contributed by atoms with Crippen LogP contribution in [0.25, 0.3) is 0 Å². The first kappa shape index (κ1) is 12.7. The number of benzene rings is 1. The van der Waals surface area contributed by atoms with Gasteiger partial charge >= 0.3 is 0 Å². The van der Waals surface area contributed by atoms with E-state index in [4.69, 9.17) is 0 Å². The Morgan fingerprint density at radius 2 is 2.16 bits per heavy atom. The van der Waals surface area contributed by atoms with Gasteiger partial charge in [-0.25, -0.2) is 0 Å². The molecule has 1 fully saturated rings. The lowest BCUT2D eigenvalue weighted by molar-refractivity contribution is -0.121. The van der Waals surface area contributed by atoms with Crippen molar-refractivity contribution in [3.05, 3.63) is 29.8 Å². The summed E-state index contributed by atoms with van der Waals surface area (Å²) in [6.45, 7) is 3.65. The average molecular weight is 258 g/mol. The van der Waals surface area contributed by atoms with E-state index >= 15 is 0 Å². The fourth-order valence-electron chi connectivity index (χ4n) is 3.23. The van der Waals surface area contributed by atoms with Crippen LogP contribution in [0, 0.1) is 5.92 Å². The summed E-state index contributed by atoms with van der Waals surface area (Å²) in [5.41, 5.74) is 2.65. The van der Waals surface area contributed by atoms with Gasteiger partial charge in [0.1, 0.15) is 0 Å². The lowest BCUT2D eigenvalue weighted by Crippen LogP contribution is -2.32. The smallest absolute Gasteiger partial charge is 0.155 e. The topological polar surface area (TPSA) is 32.3 Å². The van der Waals surface area contributed by atoms with Crippen LogP contribution in [0.2, 0.25) is 0 Å². The van der Waals surface area contributed by atoms with Crippen molar-refractivity contribution in [2.45, 2.75) is 25.7 Å². The molecule has 0 radical (unpaired) electrons. The number of carbonyl (C=O) groups excluding carboxylic acids is 1. The second kappa shape index (κ2) is 5.74. The van der Waals surface area contributed by atoms with Gasteiger partial charge in [0.2, 0.25) is 0 Å². The molecule has 0 amide bonds. The maximum atomic E-state index is 12.4. The molecule has 0 spiro atoms. The Labute approximate surface area is 115 Å². The van der Waals surface area contributed by atoms with Crippen molar-refractivity contribution < 1.29 is 4.79 Å². The van der Waals surface area contributed by atoms with E-state index in [1.807, 2.05) is 0 Å². The number of carbonyl (C=O) groups is 1. The SMILES string of the molecule is O=C(CN1CCc2ccccc21)C1CCCNCC1. The highest BCUT2D eigenvalue weighted by molar-refractivity contribution is 5.86. The largest absolute Gasteiger partial charge is 0.364 e. The van der Waals surface area contributed by atoms with Gasteiger partial charge in [0, 0.05) is 18.2 Å². The molecular weight excluding hydrogens is 236 g/mol. The molecule has 1 saturated heterocycles. The zero-order valence-corrected chi connectivity index (χ0v) is 11.4. The molecule has 1 aromatic carbocycles. The molecule has 2 heterocycles. The Morgan fingerprint density at radius 1 is 1.26 bits per heavy atom. The van der Waals surface area contributed by atoms with E-state index in [9.17, 15) is 4.79 Å². The van der Waals surface area contributed by atoms with Gasteiger partial charge < -0.3 is 10.2 Å². The summed E-state index contributed by atoms with van der Waals surface area (Å²) in [6, 6.07) is 8.47. The summed E-state index contributed by atoms with van der Waals surface area (Å²) in [5, 5.41) is 3.38. The Balaban J connectivity index is 1.64. The minimum atomic E-state index is 0.266. The first-order chi connectivity index (χ1) is 9.34. The van der Waals surface area contributed by atoms with Crippen LogP contribution in [0.5, 0.6) is 0 Å². The molecule has 2 aliphatic rings. The summed E-state index contributed by atoms with van der Waals surface area (Å²) in [4.78, 5) is 14.7. The van der Waals surface area contributed by atoms with Crippen LogP contribution in [-0.4, -0.2) is 32.0 Å². The van der Waals surface area contributed by atoms with Crippen molar-refractivity contribution in [1.29, 1.82) is 0 Å². The standard InChI is InChI=1S/C16H22N2O/c19-16(14-5-3-9-17-10-7-14)12-18-11-8-13-4-1-2-6-15(13)18/h1-2,4,6,14,17H,3,5,7-12H2. The normalized spacial score (nSPS) is 22.9. The number of nitrogens with zero attached hydrogens (tertiary/aromatic N) is 1. The quantitative estimate of drug-likeness (QED) is 0.900. The monoisotopic (exact) mass is 258 g/mol. The van der Waals surface area contributed by atoms with Crippen molar-refractivity contribution in [3.63, 3.8) is 0 Å². The number of ketones is 1. The highest BCUT2D eigenvalue weighted by atomic mass is 16.1. The van der Waals surface area contributed by atoms with Crippen molar-refractivity contribution >= 4 is 11.5 Å². The second-order valence-corrected chi connectivity index (χ2v) is 5.64. The first-order valence-electron chi connectivity index (χ1n) is 7.41. The van der Waals surface area contributed by atoms with E-state index in [0.717, 1.165) is 45.3 Å². The molecule has 3 rings (SSSR count). The van der Waals surface area contributed by atoms with Gasteiger partial charge in [0.15, 0.2) is 5.78 Å². The molecule has 3 heteroatoms. The first-order valence-corrected chi connectivity index (χ1v) is 7.41. The van der Waals surface area contributed by atoms with Gasteiger partial charge in [-0.05, 0) is 50.4 Å². The maximum absolute atomic E-state index is 12.4. The van der Waals surface area contributed by atoms with Crippen LogP contribution in [0.4, 0.5) is 5.69 Å². The minimum absolute atomic E-state index is 0.266. The highest BCUT2D eigenvalue weighted by Crippen LogP contribution is 2.28. The van der Waals surface area contributed by atoms with E-state index < -0.39 is 0 Å². The maximum Gasteiger partial charge on any atom is 0.155 e. The van der Waals surface area contributed by atoms with Crippen molar-refractivity contribution in [3.8, 4) is 0 Å². The Bertz CT molecular complexity index is 450. The molecule has 102 valence electrons. The third-order valence-corrected chi connectivity index (χ3v) is 4.36. The Hall–Kier alpha value is -1.35. The number of hydrogen-bond donors (Lipinski definition) is 1. The number of para-hydroxylation sites is 1. The molecule has 0 saturated carbocycles. The highest BCUT2D eigenvalue weighted by Gasteiger charge is 2.25. The zero-order chi connectivity index (χ0) is 13.1. The van der Waals surface area contributed by atoms with Crippen LogP contribution >= 0.6 is 0 Å². The Kier molecular flexibility index (Phi) is 3.83. The summed E-state index contributed by atoms with van der Waals surface area (Å²) in [7, 11) is 0. The van der Waals surface area contributed by atoms with Gasteiger partial charge in [-0.3, -0.25) is 4.79 Å². The van der Waals surface area contributed by atoms with Crippen LogP contribution < -0.4 is 10.2 Å². The minimum Gasteiger partial charge on any atom is -0.364 e. The van der Waals surface area contributed by atoms with Gasteiger partial charge in [0.05, 0.1) is 6.54 Å². The van der Waals surface area contributed by atoms with E-state index in [2.05, 4.69) is 34.5 Å². The van der Waals surface area contributed by atoms with Gasteiger partial charge in [-0.15, -0.1) is 0 Å². The molecule has 19 heavy (non-hydrogen) atoms. The average Bonchev–Trinajstić information content (AvgIpc) is 2.66. The summed E-state index contributed by atoms with van der Waals surface area (Å²) < 4.78 is 0. The molecule has 1 atom stereocenters. The van der Waals surface area contributed by atoms with E-state index in [1.54, 1.807) is 0 Å². The Morgan fingerprint density at radius 3 is 3.11 bits per heavy atom. The molecule has 1 unspecified atom stereocenters. The van der Waals surface area contributed by atoms with Crippen LogP contribution in [0.1, 0.15) is 24.8 Å².